The van der Waals surface area contributed by atoms with Gasteiger partial charge in [0, 0.05) is 10.9 Å². The molecule has 1 aromatic rings. The first-order valence-electron chi connectivity index (χ1n) is 9.10. The minimum absolute atomic E-state index is 0.196. The summed E-state index contributed by atoms with van der Waals surface area (Å²) in [5.41, 5.74) is 0.405. The quantitative estimate of drug-likeness (QED) is 0.806. The van der Waals surface area contributed by atoms with E-state index in [-0.39, 0.29) is 5.91 Å². The summed E-state index contributed by atoms with van der Waals surface area (Å²) in [6.07, 6.45) is 8.45. The third-order valence-electron chi connectivity index (χ3n) is 6.49. The molecule has 4 aliphatic rings. The number of nitrogens with one attached hydrogen (secondary N) is 1. The maximum atomic E-state index is 12.4. The summed E-state index contributed by atoms with van der Waals surface area (Å²) in [4.78, 5) is 13.6. The van der Waals surface area contributed by atoms with Crippen LogP contribution in [0, 0.1) is 23.2 Å². The predicted molar refractivity (Wildman–Crippen MR) is 95.4 cm³/mol. The Morgan fingerprint density at radius 1 is 1.13 bits per heavy atom. The Labute approximate surface area is 143 Å². The Morgan fingerprint density at radius 3 is 2.26 bits per heavy atom. The van der Waals surface area contributed by atoms with Crippen LogP contribution in [-0.2, 0) is 4.79 Å². The van der Waals surface area contributed by atoms with Crippen LogP contribution in [0.4, 0.5) is 0 Å². The highest BCUT2D eigenvalue weighted by Crippen LogP contribution is 2.61. The molecule has 4 saturated carbocycles. The van der Waals surface area contributed by atoms with Crippen molar-refractivity contribution in [1.82, 2.24) is 5.32 Å². The minimum atomic E-state index is 0.196. The molecule has 23 heavy (non-hydrogen) atoms. The van der Waals surface area contributed by atoms with Gasteiger partial charge in [0.25, 0.3) is 0 Å². The zero-order valence-electron chi connectivity index (χ0n) is 14.0. The molecule has 4 bridgehead atoms. The normalized spacial score (nSPS) is 36.0. The van der Waals surface area contributed by atoms with Crippen molar-refractivity contribution in [3.8, 4) is 0 Å². The molecule has 3 heteroatoms. The van der Waals surface area contributed by atoms with Crippen LogP contribution >= 0.6 is 11.8 Å². The van der Waals surface area contributed by atoms with Gasteiger partial charge < -0.3 is 5.32 Å². The molecule has 1 atom stereocenters. The van der Waals surface area contributed by atoms with Gasteiger partial charge in [0.15, 0.2) is 0 Å². The average Bonchev–Trinajstić information content (AvgIpc) is 2.52. The van der Waals surface area contributed by atoms with Crippen molar-refractivity contribution < 1.29 is 4.79 Å². The van der Waals surface area contributed by atoms with E-state index in [0.29, 0.717) is 17.2 Å². The summed E-state index contributed by atoms with van der Waals surface area (Å²) in [6, 6.07) is 10.5. The second-order valence-corrected chi connectivity index (χ2v) is 9.22. The topological polar surface area (TPSA) is 29.1 Å². The Morgan fingerprint density at radius 2 is 1.70 bits per heavy atom. The number of carbonyl (C=O) groups excluding carboxylic acids is 1. The van der Waals surface area contributed by atoms with E-state index in [1.54, 1.807) is 11.8 Å². The van der Waals surface area contributed by atoms with Crippen molar-refractivity contribution in [3.63, 3.8) is 0 Å². The predicted octanol–water partition coefficient (Wildman–Crippen LogP) is 4.50. The number of thioether (sulfide) groups is 1. The summed E-state index contributed by atoms with van der Waals surface area (Å²) in [7, 11) is 0. The molecular weight excluding hydrogens is 302 g/mol. The van der Waals surface area contributed by atoms with Gasteiger partial charge in [-0.05, 0) is 80.8 Å². The fourth-order valence-corrected chi connectivity index (χ4v) is 6.54. The highest BCUT2D eigenvalue weighted by atomic mass is 32.2. The lowest BCUT2D eigenvalue weighted by molar-refractivity contribution is -0.123. The molecule has 2 nitrogen and oxygen atoms in total. The summed E-state index contributed by atoms with van der Waals surface area (Å²) in [5.74, 6) is 3.56. The second kappa shape index (κ2) is 6.16. The number of amides is 1. The molecule has 0 spiro atoms. The molecule has 1 N–H and O–H groups in total. The van der Waals surface area contributed by atoms with E-state index >= 15 is 0 Å². The van der Waals surface area contributed by atoms with Crippen LogP contribution in [0.5, 0.6) is 0 Å². The van der Waals surface area contributed by atoms with Crippen LogP contribution in [0.15, 0.2) is 35.2 Å². The van der Waals surface area contributed by atoms with Crippen LogP contribution in [0.1, 0.15) is 45.4 Å². The molecule has 1 unspecified atom stereocenters. The summed E-state index contributed by atoms with van der Waals surface area (Å²) in [5, 5.41) is 3.35. The highest BCUT2D eigenvalue weighted by molar-refractivity contribution is 8.00. The molecule has 1 aromatic carbocycles. The van der Waals surface area contributed by atoms with E-state index in [9.17, 15) is 4.79 Å². The van der Waals surface area contributed by atoms with E-state index in [1.807, 2.05) is 18.2 Å². The van der Waals surface area contributed by atoms with Crippen LogP contribution in [0.3, 0.4) is 0 Å². The Bertz CT molecular complexity index is 535. The fraction of sp³-hybridized carbons (Fsp3) is 0.650. The van der Waals surface area contributed by atoms with Gasteiger partial charge in [-0.1, -0.05) is 18.2 Å². The van der Waals surface area contributed by atoms with Crippen LogP contribution in [0.2, 0.25) is 0 Å². The van der Waals surface area contributed by atoms with Crippen molar-refractivity contribution in [3.05, 3.63) is 30.3 Å². The average molecular weight is 330 g/mol. The Kier molecular flexibility index (Phi) is 4.17. The first kappa shape index (κ1) is 15.6. The first-order chi connectivity index (χ1) is 11.1. The molecule has 4 fully saturated rings. The van der Waals surface area contributed by atoms with Crippen molar-refractivity contribution in [2.24, 2.45) is 23.2 Å². The Hall–Kier alpha value is -0.960. The number of benzene rings is 1. The van der Waals surface area contributed by atoms with E-state index in [1.165, 1.54) is 43.4 Å². The standard InChI is InChI=1S/C20H27NOS/c1-14(21-19(22)13-23-18-5-3-2-4-6-18)20-10-15-7-16(11-20)9-17(8-15)12-20/h2-6,14-17H,7-13H2,1H3,(H,21,22). The molecule has 1 amide bonds. The van der Waals surface area contributed by atoms with Crippen molar-refractivity contribution in [1.29, 1.82) is 0 Å². The Balaban J connectivity index is 1.34. The van der Waals surface area contributed by atoms with E-state index < -0.39 is 0 Å². The SMILES string of the molecule is CC(NC(=O)CSc1ccccc1)C12CC3CC(CC(C3)C1)C2. The second-order valence-electron chi connectivity index (χ2n) is 8.17. The van der Waals surface area contributed by atoms with Crippen LogP contribution in [-0.4, -0.2) is 17.7 Å². The largest absolute Gasteiger partial charge is 0.352 e. The third kappa shape index (κ3) is 3.17. The number of hydrogen-bond acceptors (Lipinski definition) is 2. The number of rotatable bonds is 5. The van der Waals surface area contributed by atoms with Gasteiger partial charge in [-0.3, -0.25) is 4.79 Å². The highest BCUT2D eigenvalue weighted by Gasteiger charge is 2.53. The van der Waals surface area contributed by atoms with Gasteiger partial charge in [-0.2, -0.15) is 0 Å². The van der Waals surface area contributed by atoms with Crippen molar-refractivity contribution >= 4 is 17.7 Å². The zero-order chi connectivity index (χ0) is 15.9. The minimum Gasteiger partial charge on any atom is -0.352 e. The number of hydrogen-bond donors (Lipinski definition) is 1. The molecule has 5 rings (SSSR count). The zero-order valence-corrected chi connectivity index (χ0v) is 14.8. The van der Waals surface area contributed by atoms with Gasteiger partial charge in [0.2, 0.25) is 5.91 Å². The van der Waals surface area contributed by atoms with Crippen LogP contribution in [0.25, 0.3) is 0 Å². The molecule has 0 aromatic heterocycles. The van der Waals surface area contributed by atoms with E-state index in [0.717, 1.165) is 17.8 Å². The maximum Gasteiger partial charge on any atom is 0.230 e. The van der Waals surface area contributed by atoms with Crippen molar-refractivity contribution in [2.75, 3.05) is 5.75 Å². The molecular formula is C20H27NOS. The van der Waals surface area contributed by atoms with Gasteiger partial charge >= 0.3 is 0 Å². The van der Waals surface area contributed by atoms with E-state index in [2.05, 4.69) is 24.4 Å². The molecule has 0 radical (unpaired) electrons. The fourth-order valence-electron chi connectivity index (χ4n) is 5.81. The lowest BCUT2D eigenvalue weighted by Crippen LogP contribution is -2.56. The molecule has 0 heterocycles. The smallest absolute Gasteiger partial charge is 0.230 e. The summed E-state index contributed by atoms with van der Waals surface area (Å²) in [6.45, 7) is 2.26. The molecule has 124 valence electrons. The first-order valence-corrected chi connectivity index (χ1v) is 10.1. The van der Waals surface area contributed by atoms with Gasteiger partial charge in [-0.15, -0.1) is 11.8 Å². The molecule has 0 aliphatic heterocycles. The summed E-state index contributed by atoms with van der Waals surface area (Å²) >= 11 is 1.64. The van der Waals surface area contributed by atoms with Crippen molar-refractivity contribution in [2.45, 2.75) is 56.4 Å². The third-order valence-corrected chi connectivity index (χ3v) is 7.51. The molecule has 4 aliphatic carbocycles. The number of carbonyl (C=O) groups is 1. The van der Waals surface area contributed by atoms with Gasteiger partial charge in [0.05, 0.1) is 5.75 Å². The van der Waals surface area contributed by atoms with Gasteiger partial charge in [-0.25, -0.2) is 0 Å². The molecule has 0 saturated heterocycles. The van der Waals surface area contributed by atoms with E-state index in [4.69, 9.17) is 0 Å². The lowest BCUT2D eigenvalue weighted by atomic mass is 9.48. The van der Waals surface area contributed by atoms with Gasteiger partial charge in [0.1, 0.15) is 0 Å². The lowest BCUT2D eigenvalue weighted by Gasteiger charge is -2.59. The van der Waals surface area contributed by atoms with Crippen LogP contribution < -0.4 is 5.32 Å². The summed E-state index contributed by atoms with van der Waals surface area (Å²) < 4.78 is 0. The maximum absolute atomic E-state index is 12.4. The monoisotopic (exact) mass is 329 g/mol.